The Bertz CT molecular complexity index is 256. The molecule has 0 heterocycles. The summed E-state index contributed by atoms with van der Waals surface area (Å²) in [5.41, 5.74) is 1.37. The van der Waals surface area contributed by atoms with Gasteiger partial charge in [-0.2, -0.15) is 0 Å². The normalized spacial score (nSPS) is 36.2. The second-order valence-electron chi connectivity index (χ2n) is 7.83. The summed E-state index contributed by atoms with van der Waals surface area (Å²) in [6, 6.07) is 0. The predicted molar refractivity (Wildman–Crippen MR) is 75.1 cm³/mol. The molecule has 0 bridgehead atoms. The van der Waals surface area contributed by atoms with Crippen molar-refractivity contribution in [2.45, 2.75) is 66.2 Å². The van der Waals surface area contributed by atoms with Gasteiger partial charge in [-0.15, -0.1) is 0 Å². The van der Waals surface area contributed by atoms with Crippen LogP contribution < -0.4 is 5.32 Å². The van der Waals surface area contributed by atoms with E-state index in [1.54, 1.807) is 0 Å². The molecule has 100 valence electrons. The lowest BCUT2D eigenvalue weighted by Gasteiger charge is -2.22. The van der Waals surface area contributed by atoms with Crippen LogP contribution in [0.25, 0.3) is 0 Å². The molecule has 0 radical (unpaired) electrons. The van der Waals surface area contributed by atoms with E-state index in [4.69, 9.17) is 0 Å². The minimum atomic E-state index is 0.613. The van der Waals surface area contributed by atoms with E-state index < -0.39 is 0 Å². The Morgan fingerprint density at radius 2 is 1.88 bits per heavy atom. The summed E-state index contributed by atoms with van der Waals surface area (Å²) in [4.78, 5) is 0. The monoisotopic (exact) mass is 237 g/mol. The molecule has 17 heavy (non-hydrogen) atoms. The molecule has 2 aliphatic rings. The molecule has 0 saturated heterocycles. The van der Waals surface area contributed by atoms with E-state index in [1.807, 2.05) is 0 Å². The van der Waals surface area contributed by atoms with Gasteiger partial charge in [0.2, 0.25) is 0 Å². The van der Waals surface area contributed by atoms with Crippen LogP contribution in [0.1, 0.15) is 66.2 Å². The summed E-state index contributed by atoms with van der Waals surface area (Å²) >= 11 is 0. The average molecular weight is 237 g/mol. The molecule has 2 saturated carbocycles. The maximum atomic E-state index is 3.66. The highest BCUT2D eigenvalue weighted by Gasteiger charge is 2.53. The largest absolute Gasteiger partial charge is 0.316 e. The Hall–Kier alpha value is -0.0400. The van der Waals surface area contributed by atoms with Gasteiger partial charge >= 0.3 is 0 Å². The third-order valence-electron chi connectivity index (χ3n) is 5.13. The maximum absolute atomic E-state index is 3.66. The Balaban J connectivity index is 1.75. The minimum absolute atomic E-state index is 0.613. The lowest BCUT2D eigenvalue weighted by atomic mass is 9.84. The molecule has 0 aliphatic heterocycles. The molecule has 0 aromatic rings. The Morgan fingerprint density at radius 1 is 1.12 bits per heavy atom. The van der Waals surface area contributed by atoms with Crippen molar-refractivity contribution in [2.24, 2.45) is 22.7 Å². The van der Waals surface area contributed by atoms with Gasteiger partial charge in [-0.25, -0.2) is 0 Å². The van der Waals surface area contributed by atoms with Gasteiger partial charge in [0.05, 0.1) is 0 Å². The first-order valence-corrected chi connectivity index (χ1v) is 7.64. The SMILES string of the molecule is CC(C)CNCC1CC12CCCC(C)(C)CC2. The summed E-state index contributed by atoms with van der Waals surface area (Å²) in [6.45, 7) is 12.0. The van der Waals surface area contributed by atoms with Gasteiger partial charge in [-0.05, 0) is 67.9 Å². The molecule has 1 N–H and O–H groups in total. The van der Waals surface area contributed by atoms with E-state index in [0.717, 1.165) is 17.3 Å². The molecule has 1 heteroatoms. The van der Waals surface area contributed by atoms with Crippen molar-refractivity contribution in [3.05, 3.63) is 0 Å². The van der Waals surface area contributed by atoms with Crippen molar-refractivity contribution in [2.75, 3.05) is 13.1 Å². The summed E-state index contributed by atoms with van der Waals surface area (Å²) in [5.74, 6) is 1.79. The van der Waals surface area contributed by atoms with Crippen molar-refractivity contribution in [3.8, 4) is 0 Å². The molecule has 2 aliphatic carbocycles. The second-order valence-corrected chi connectivity index (χ2v) is 7.83. The third kappa shape index (κ3) is 3.47. The third-order valence-corrected chi connectivity index (χ3v) is 5.13. The predicted octanol–water partition coefficient (Wildman–Crippen LogP) is 4.23. The zero-order chi connectivity index (χ0) is 12.5. The Kier molecular flexibility index (Phi) is 3.87. The zero-order valence-corrected chi connectivity index (χ0v) is 12.3. The molecule has 0 aromatic heterocycles. The Morgan fingerprint density at radius 3 is 2.59 bits per heavy atom. The molecule has 2 fully saturated rings. The van der Waals surface area contributed by atoms with E-state index in [1.165, 1.54) is 51.6 Å². The number of nitrogens with one attached hydrogen (secondary N) is 1. The summed E-state index contributed by atoms with van der Waals surface area (Å²) in [7, 11) is 0. The molecular weight excluding hydrogens is 206 g/mol. The zero-order valence-electron chi connectivity index (χ0n) is 12.3. The van der Waals surface area contributed by atoms with E-state index in [2.05, 4.69) is 33.0 Å². The number of hydrogen-bond acceptors (Lipinski definition) is 1. The van der Waals surface area contributed by atoms with Crippen molar-refractivity contribution in [3.63, 3.8) is 0 Å². The molecule has 0 aromatic carbocycles. The molecule has 0 amide bonds. The van der Waals surface area contributed by atoms with Gasteiger partial charge in [0, 0.05) is 0 Å². The van der Waals surface area contributed by atoms with E-state index >= 15 is 0 Å². The minimum Gasteiger partial charge on any atom is -0.316 e. The van der Waals surface area contributed by atoms with Gasteiger partial charge in [0.15, 0.2) is 0 Å². The van der Waals surface area contributed by atoms with Crippen molar-refractivity contribution < 1.29 is 0 Å². The Labute approximate surface area is 108 Å². The van der Waals surface area contributed by atoms with Gasteiger partial charge < -0.3 is 5.32 Å². The van der Waals surface area contributed by atoms with Crippen molar-refractivity contribution in [1.29, 1.82) is 0 Å². The van der Waals surface area contributed by atoms with E-state index in [0.29, 0.717) is 5.41 Å². The number of rotatable bonds is 4. The lowest BCUT2D eigenvalue weighted by molar-refractivity contribution is 0.299. The van der Waals surface area contributed by atoms with Crippen molar-refractivity contribution in [1.82, 2.24) is 5.32 Å². The fourth-order valence-corrected chi connectivity index (χ4v) is 3.64. The maximum Gasteiger partial charge on any atom is -0.00149 e. The van der Waals surface area contributed by atoms with E-state index in [9.17, 15) is 0 Å². The highest BCUT2D eigenvalue weighted by Crippen LogP contribution is 2.61. The van der Waals surface area contributed by atoms with Crippen molar-refractivity contribution >= 4 is 0 Å². The van der Waals surface area contributed by atoms with Gasteiger partial charge in [0.1, 0.15) is 0 Å². The highest BCUT2D eigenvalue weighted by atomic mass is 14.9. The molecule has 1 spiro atoms. The highest BCUT2D eigenvalue weighted by molar-refractivity contribution is 5.04. The van der Waals surface area contributed by atoms with Gasteiger partial charge in [-0.1, -0.05) is 34.1 Å². The first kappa shape index (κ1) is 13.4. The van der Waals surface area contributed by atoms with Crippen LogP contribution in [0, 0.1) is 22.7 Å². The molecule has 1 nitrogen and oxygen atoms in total. The van der Waals surface area contributed by atoms with Crippen LogP contribution in [0.5, 0.6) is 0 Å². The van der Waals surface area contributed by atoms with Crippen LogP contribution in [0.3, 0.4) is 0 Å². The van der Waals surface area contributed by atoms with E-state index in [-0.39, 0.29) is 0 Å². The standard InChI is InChI=1S/C16H31N/c1-13(2)11-17-12-14-10-16(14)7-5-6-15(3,4)8-9-16/h13-14,17H,5-12H2,1-4H3. The van der Waals surface area contributed by atoms with Gasteiger partial charge in [0.25, 0.3) is 0 Å². The van der Waals surface area contributed by atoms with Gasteiger partial charge in [-0.3, -0.25) is 0 Å². The molecule has 2 unspecified atom stereocenters. The lowest BCUT2D eigenvalue weighted by Crippen LogP contribution is -2.24. The fraction of sp³-hybridized carbons (Fsp3) is 1.00. The summed E-state index contributed by atoms with van der Waals surface area (Å²) in [6.07, 6.45) is 8.87. The quantitative estimate of drug-likeness (QED) is 0.771. The number of hydrogen-bond donors (Lipinski definition) is 1. The van der Waals surface area contributed by atoms with Crippen LogP contribution in [0.2, 0.25) is 0 Å². The van der Waals surface area contributed by atoms with Crippen LogP contribution in [-0.4, -0.2) is 13.1 Å². The second kappa shape index (κ2) is 4.91. The summed E-state index contributed by atoms with van der Waals surface area (Å²) < 4.78 is 0. The first-order chi connectivity index (χ1) is 7.94. The molecular formula is C16H31N. The topological polar surface area (TPSA) is 12.0 Å². The van der Waals surface area contributed by atoms with Crippen LogP contribution in [-0.2, 0) is 0 Å². The van der Waals surface area contributed by atoms with Crippen LogP contribution in [0.4, 0.5) is 0 Å². The van der Waals surface area contributed by atoms with Crippen LogP contribution in [0.15, 0.2) is 0 Å². The molecule has 2 rings (SSSR count). The average Bonchev–Trinajstić information content (AvgIpc) is 2.91. The molecule has 2 atom stereocenters. The van der Waals surface area contributed by atoms with Crippen LogP contribution >= 0.6 is 0 Å². The fourth-order valence-electron chi connectivity index (χ4n) is 3.64. The smallest absolute Gasteiger partial charge is 0.00149 e. The first-order valence-electron chi connectivity index (χ1n) is 7.64. The summed E-state index contributed by atoms with van der Waals surface area (Å²) in [5, 5.41) is 3.66.